The molecule has 0 bridgehead atoms. The Hall–Kier alpha value is -2.20. The van der Waals surface area contributed by atoms with E-state index in [1.807, 2.05) is 31.2 Å². The SMILES string of the molecule is COc1ccc(C(C)=O)cc1CN(C1CC1)C(C)c1ccccc1F. The predicted octanol–water partition coefficient (Wildman–Crippen LogP) is 4.76. The van der Waals surface area contributed by atoms with Gasteiger partial charge in [0.25, 0.3) is 0 Å². The number of nitrogens with zero attached hydrogens (tertiary/aromatic N) is 1. The lowest BCUT2D eigenvalue weighted by Crippen LogP contribution is -2.29. The molecule has 0 amide bonds. The number of halogens is 1. The van der Waals surface area contributed by atoms with Crippen LogP contribution in [-0.4, -0.2) is 23.8 Å². The van der Waals surface area contributed by atoms with Crippen LogP contribution in [0.3, 0.4) is 0 Å². The second kappa shape index (κ2) is 7.36. The van der Waals surface area contributed by atoms with Gasteiger partial charge in [-0.2, -0.15) is 0 Å². The molecule has 0 spiro atoms. The van der Waals surface area contributed by atoms with Crippen LogP contribution in [-0.2, 0) is 6.54 Å². The van der Waals surface area contributed by atoms with E-state index in [-0.39, 0.29) is 17.6 Å². The number of methoxy groups -OCH3 is 1. The van der Waals surface area contributed by atoms with Gasteiger partial charge in [0.15, 0.2) is 5.78 Å². The Morgan fingerprint density at radius 3 is 2.60 bits per heavy atom. The highest BCUT2D eigenvalue weighted by Crippen LogP contribution is 2.37. The number of carbonyl (C=O) groups is 1. The van der Waals surface area contributed by atoms with Crippen LogP contribution in [0.4, 0.5) is 4.39 Å². The Morgan fingerprint density at radius 1 is 1.28 bits per heavy atom. The van der Waals surface area contributed by atoms with Crippen molar-refractivity contribution in [2.75, 3.05) is 7.11 Å². The average Bonchev–Trinajstić information content (AvgIpc) is 3.44. The first-order valence-electron chi connectivity index (χ1n) is 8.69. The molecule has 0 aliphatic heterocycles. The normalized spacial score (nSPS) is 15.2. The summed E-state index contributed by atoms with van der Waals surface area (Å²) in [4.78, 5) is 14.0. The number of carbonyl (C=O) groups excluding carboxylic acids is 1. The summed E-state index contributed by atoms with van der Waals surface area (Å²) in [6, 6.07) is 12.9. The van der Waals surface area contributed by atoms with E-state index in [0.29, 0.717) is 23.7 Å². The first-order chi connectivity index (χ1) is 12.0. The van der Waals surface area contributed by atoms with Crippen molar-refractivity contribution in [1.29, 1.82) is 0 Å². The lowest BCUT2D eigenvalue weighted by atomic mass is 10.0. The number of Topliss-reactive ketones (excluding diaryl/α,β-unsaturated/α-hetero) is 1. The van der Waals surface area contributed by atoms with Gasteiger partial charge in [0.1, 0.15) is 11.6 Å². The molecule has 1 aliphatic carbocycles. The lowest BCUT2D eigenvalue weighted by Gasteiger charge is -2.30. The topological polar surface area (TPSA) is 29.5 Å². The van der Waals surface area contributed by atoms with Crippen molar-refractivity contribution < 1.29 is 13.9 Å². The second-order valence-corrected chi connectivity index (χ2v) is 6.68. The number of rotatable bonds is 7. The number of ether oxygens (including phenoxy) is 1. The van der Waals surface area contributed by atoms with Crippen molar-refractivity contribution >= 4 is 5.78 Å². The summed E-state index contributed by atoms with van der Waals surface area (Å²) in [6.45, 7) is 4.23. The fourth-order valence-electron chi connectivity index (χ4n) is 3.30. The monoisotopic (exact) mass is 341 g/mol. The molecule has 1 aliphatic rings. The van der Waals surface area contributed by atoms with Crippen LogP contribution in [0.5, 0.6) is 5.75 Å². The largest absolute Gasteiger partial charge is 0.496 e. The zero-order valence-corrected chi connectivity index (χ0v) is 15.0. The van der Waals surface area contributed by atoms with E-state index in [2.05, 4.69) is 4.90 Å². The highest BCUT2D eigenvalue weighted by molar-refractivity contribution is 5.94. The van der Waals surface area contributed by atoms with Gasteiger partial charge in [0, 0.05) is 35.3 Å². The van der Waals surface area contributed by atoms with Gasteiger partial charge in [-0.15, -0.1) is 0 Å². The lowest BCUT2D eigenvalue weighted by molar-refractivity contribution is 0.101. The molecule has 0 radical (unpaired) electrons. The van der Waals surface area contributed by atoms with Crippen LogP contribution < -0.4 is 4.74 Å². The van der Waals surface area contributed by atoms with E-state index in [9.17, 15) is 9.18 Å². The molecule has 0 N–H and O–H groups in total. The molecular weight excluding hydrogens is 317 g/mol. The number of hydrogen-bond donors (Lipinski definition) is 0. The zero-order chi connectivity index (χ0) is 18.0. The molecule has 3 nitrogen and oxygen atoms in total. The van der Waals surface area contributed by atoms with Crippen molar-refractivity contribution in [3.8, 4) is 5.75 Å². The van der Waals surface area contributed by atoms with E-state index >= 15 is 0 Å². The molecule has 1 unspecified atom stereocenters. The maximum Gasteiger partial charge on any atom is 0.159 e. The third kappa shape index (κ3) is 3.90. The molecule has 0 heterocycles. The van der Waals surface area contributed by atoms with Crippen LogP contribution >= 0.6 is 0 Å². The molecule has 0 saturated heterocycles. The maximum atomic E-state index is 14.2. The van der Waals surface area contributed by atoms with Crippen molar-refractivity contribution in [3.63, 3.8) is 0 Å². The van der Waals surface area contributed by atoms with Crippen LogP contribution in [0, 0.1) is 5.82 Å². The second-order valence-electron chi connectivity index (χ2n) is 6.68. The average molecular weight is 341 g/mol. The third-order valence-corrected chi connectivity index (χ3v) is 4.91. The summed E-state index contributed by atoms with van der Waals surface area (Å²) in [5, 5.41) is 0. The zero-order valence-electron chi connectivity index (χ0n) is 15.0. The maximum absolute atomic E-state index is 14.2. The van der Waals surface area contributed by atoms with Crippen LogP contribution in [0.2, 0.25) is 0 Å². The van der Waals surface area contributed by atoms with Crippen molar-refractivity contribution in [2.45, 2.75) is 45.3 Å². The van der Waals surface area contributed by atoms with Crippen molar-refractivity contribution in [3.05, 3.63) is 65.0 Å². The molecule has 4 heteroatoms. The van der Waals surface area contributed by atoms with Crippen LogP contribution in [0.1, 0.15) is 54.2 Å². The van der Waals surface area contributed by atoms with Crippen LogP contribution in [0.25, 0.3) is 0 Å². The Morgan fingerprint density at radius 2 is 2.00 bits per heavy atom. The van der Waals surface area contributed by atoms with Gasteiger partial charge in [-0.05, 0) is 51.0 Å². The minimum absolute atomic E-state index is 0.0315. The number of ketones is 1. The summed E-state index contributed by atoms with van der Waals surface area (Å²) < 4.78 is 19.7. The van der Waals surface area contributed by atoms with Gasteiger partial charge >= 0.3 is 0 Å². The van der Waals surface area contributed by atoms with Crippen LogP contribution in [0.15, 0.2) is 42.5 Å². The Bertz CT molecular complexity index is 770. The molecule has 0 aromatic heterocycles. The fraction of sp³-hybridized carbons (Fsp3) is 0.381. The van der Waals surface area contributed by atoms with Crippen molar-refractivity contribution in [1.82, 2.24) is 4.90 Å². The standard InChI is InChI=1S/C21H24FNO2/c1-14(19-6-4-5-7-20(19)22)23(18-9-10-18)13-17-12-16(15(2)24)8-11-21(17)25-3/h4-8,11-12,14,18H,9-10,13H2,1-3H3. The van der Waals surface area contributed by atoms with E-state index in [1.54, 1.807) is 26.2 Å². The third-order valence-electron chi connectivity index (χ3n) is 4.91. The Kier molecular flexibility index (Phi) is 5.19. The quantitative estimate of drug-likeness (QED) is 0.680. The van der Waals surface area contributed by atoms with Crippen molar-refractivity contribution in [2.24, 2.45) is 0 Å². The van der Waals surface area contributed by atoms with E-state index in [1.165, 1.54) is 6.07 Å². The Labute approximate surface area is 148 Å². The van der Waals surface area contributed by atoms with Gasteiger partial charge in [-0.1, -0.05) is 18.2 Å². The first kappa shape index (κ1) is 17.6. The summed E-state index contributed by atoms with van der Waals surface area (Å²) in [6.07, 6.45) is 2.24. The molecule has 2 aromatic carbocycles. The summed E-state index contributed by atoms with van der Waals surface area (Å²) >= 11 is 0. The first-order valence-corrected chi connectivity index (χ1v) is 8.69. The molecule has 132 valence electrons. The smallest absolute Gasteiger partial charge is 0.159 e. The minimum atomic E-state index is -0.176. The number of hydrogen-bond acceptors (Lipinski definition) is 3. The fourth-order valence-corrected chi connectivity index (χ4v) is 3.30. The van der Waals surface area contributed by atoms with Gasteiger partial charge in [-0.25, -0.2) is 4.39 Å². The molecule has 1 atom stereocenters. The number of benzene rings is 2. The summed E-state index contributed by atoms with van der Waals surface area (Å²) in [7, 11) is 1.63. The molecule has 1 saturated carbocycles. The molecule has 3 rings (SSSR count). The van der Waals surface area contributed by atoms with E-state index < -0.39 is 0 Å². The summed E-state index contributed by atoms with van der Waals surface area (Å²) in [5.74, 6) is 0.616. The molecular formula is C21H24FNO2. The predicted molar refractivity (Wildman–Crippen MR) is 96.4 cm³/mol. The van der Waals surface area contributed by atoms with E-state index in [0.717, 1.165) is 24.2 Å². The van der Waals surface area contributed by atoms with Gasteiger partial charge in [0.05, 0.1) is 7.11 Å². The highest BCUT2D eigenvalue weighted by Gasteiger charge is 2.34. The summed E-state index contributed by atoms with van der Waals surface area (Å²) in [5.41, 5.74) is 2.34. The highest BCUT2D eigenvalue weighted by atomic mass is 19.1. The molecule has 1 fully saturated rings. The van der Waals surface area contributed by atoms with E-state index in [4.69, 9.17) is 4.74 Å². The van der Waals surface area contributed by atoms with Gasteiger partial charge < -0.3 is 4.74 Å². The Balaban J connectivity index is 1.91. The minimum Gasteiger partial charge on any atom is -0.496 e. The molecule has 25 heavy (non-hydrogen) atoms. The van der Waals surface area contributed by atoms with Gasteiger partial charge in [-0.3, -0.25) is 9.69 Å². The molecule has 2 aromatic rings. The van der Waals surface area contributed by atoms with Gasteiger partial charge in [0.2, 0.25) is 0 Å².